The highest BCUT2D eigenvalue weighted by molar-refractivity contribution is 5.94. The van der Waals surface area contributed by atoms with E-state index in [1.165, 1.54) is 0 Å². The van der Waals surface area contributed by atoms with Crippen LogP contribution in [-0.4, -0.2) is 30.3 Å². The summed E-state index contributed by atoms with van der Waals surface area (Å²) >= 11 is 0. The van der Waals surface area contributed by atoms with Gasteiger partial charge in [-0.05, 0) is 43.0 Å². The van der Waals surface area contributed by atoms with Crippen molar-refractivity contribution in [1.82, 2.24) is 5.32 Å². The van der Waals surface area contributed by atoms with Gasteiger partial charge in [-0.15, -0.1) is 0 Å². The summed E-state index contributed by atoms with van der Waals surface area (Å²) in [5.41, 5.74) is 1.15. The maximum absolute atomic E-state index is 11.9. The summed E-state index contributed by atoms with van der Waals surface area (Å²) in [6, 6.07) is 7.57. The molecule has 1 aromatic rings. The first-order chi connectivity index (χ1) is 10.0. The molecular formula is C17H23NO3. The minimum atomic E-state index is -0.711. The van der Waals surface area contributed by atoms with Gasteiger partial charge in [0, 0.05) is 12.6 Å². The van der Waals surface area contributed by atoms with Gasteiger partial charge >= 0.3 is 0 Å². The molecule has 1 amide bonds. The van der Waals surface area contributed by atoms with Crippen molar-refractivity contribution in [3.63, 3.8) is 0 Å². The van der Waals surface area contributed by atoms with Gasteiger partial charge in [-0.2, -0.15) is 0 Å². The number of benzene rings is 1. The fraction of sp³-hybridized carbons (Fsp3) is 0.471. The lowest BCUT2D eigenvalue weighted by molar-refractivity contribution is -0.117. The van der Waals surface area contributed by atoms with Crippen molar-refractivity contribution in [2.45, 2.75) is 38.2 Å². The third-order valence-electron chi connectivity index (χ3n) is 4.02. The summed E-state index contributed by atoms with van der Waals surface area (Å²) < 4.78 is 5.11. The van der Waals surface area contributed by atoms with Crippen LogP contribution >= 0.6 is 0 Å². The number of carbonyl (C=O) groups is 1. The molecule has 0 radical (unpaired) electrons. The van der Waals surface area contributed by atoms with E-state index in [9.17, 15) is 9.90 Å². The SMILES string of the molecule is COc1ccc(/C(C)=C/C(=O)NCC2(O)CCCC2)cc1. The Morgan fingerprint density at radius 3 is 2.52 bits per heavy atom. The molecule has 1 saturated carbocycles. The molecule has 21 heavy (non-hydrogen) atoms. The van der Waals surface area contributed by atoms with Crippen LogP contribution in [0.1, 0.15) is 38.2 Å². The van der Waals surface area contributed by atoms with Gasteiger partial charge in [0.25, 0.3) is 0 Å². The zero-order chi connectivity index (χ0) is 15.3. The second-order valence-electron chi connectivity index (χ2n) is 5.71. The number of hydrogen-bond acceptors (Lipinski definition) is 3. The van der Waals surface area contributed by atoms with Crippen molar-refractivity contribution in [1.29, 1.82) is 0 Å². The molecule has 0 saturated heterocycles. The Morgan fingerprint density at radius 1 is 1.33 bits per heavy atom. The Balaban J connectivity index is 1.92. The summed E-state index contributed by atoms with van der Waals surface area (Å²) in [5.74, 6) is 0.628. The molecule has 2 rings (SSSR count). The molecule has 1 fully saturated rings. The standard InChI is InChI=1S/C17H23NO3/c1-13(14-5-7-15(21-2)8-6-14)11-16(19)18-12-17(20)9-3-4-10-17/h5-8,11,20H,3-4,9-10,12H2,1-2H3,(H,18,19)/b13-11+. The van der Waals surface area contributed by atoms with Crippen LogP contribution in [0.15, 0.2) is 30.3 Å². The first-order valence-corrected chi connectivity index (χ1v) is 7.35. The van der Waals surface area contributed by atoms with E-state index in [2.05, 4.69) is 5.32 Å². The topological polar surface area (TPSA) is 58.6 Å². The number of carbonyl (C=O) groups excluding carboxylic acids is 1. The number of methoxy groups -OCH3 is 1. The second kappa shape index (κ2) is 6.76. The molecule has 1 aliphatic rings. The highest BCUT2D eigenvalue weighted by atomic mass is 16.5. The Bertz CT molecular complexity index is 513. The molecule has 2 N–H and O–H groups in total. The van der Waals surface area contributed by atoms with Gasteiger partial charge in [-0.3, -0.25) is 4.79 Å². The molecule has 1 aliphatic carbocycles. The Kier molecular flexibility index (Phi) is 5.02. The van der Waals surface area contributed by atoms with Gasteiger partial charge < -0.3 is 15.2 Å². The molecule has 0 aliphatic heterocycles. The molecule has 0 aromatic heterocycles. The summed E-state index contributed by atoms with van der Waals surface area (Å²) in [7, 11) is 1.62. The number of amides is 1. The lowest BCUT2D eigenvalue weighted by Gasteiger charge is -2.21. The fourth-order valence-electron chi connectivity index (χ4n) is 2.65. The van der Waals surface area contributed by atoms with Crippen LogP contribution in [0.2, 0.25) is 0 Å². The van der Waals surface area contributed by atoms with Crippen LogP contribution in [0, 0.1) is 0 Å². The molecule has 0 spiro atoms. The van der Waals surface area contributed by atoms with Gasteiger partial charge in [0.2, 0.25) is 5.91 Å². The van der Waals surface area contributed by atoms with Gasteiger partial charge in [0.05, 0.1) is 12.7 Å². The fourth-order valence-corrected chi connectivity index (χ4v) is 2.65. The third-order valence-corrected chi connectivity index (χ3v) is 4.02. The molecule has 0 heterocycles. The minimum Gasteiger partial charge on any atom is -0.497 e. The van der Waals surface area contributed by atoms with Gasteiger partial charge in [0.1, 0.15) is 5.75 Å². The van der Waals surface area contributed by atoms with E-state index >= 15 is 0 Å². The molecule has 0 atom stereocenters. The van der Waals surface area contributed by atoms with Gasteiger partial charge in [-0.1, -0.05) is 25.0 Å². The van der Waals surface area contributed by atoms with E-state index < -0.39 is 5.60 Å². The van der Waals surface area contributed by atoms with Crippen molar-refractivity contribution < 1.29 is 14.6 Å². The molecule has 1 aromatic carbocycles. The van der Waals surface area contributed by atoms with Gasteiger partial charge in [0.15, 0.2) is 0 Å². The molecule has 114 valence electrons. The van der Waals surface area contributed by atoms with Crippen LogP contribution in [-0.2, 0) is 4.79 Å². The maximum Gasteiger partial charge on any atom is 0.244 e. The third kappa shape index (κ3) is 4.33. The number of allylic oxidation sites excluding steroid dienone is 1. The number of hydrogen-bond donors (Lipinski definition) is 2. The van der Waals surface area contributed by atoms with E-state index in [0.29, 0.717) is 6.54 Å². The predicted octanol–water partition coefficient (Wildman–Crippen LogP) is 2.52. The number of aliphatic hydroxyl groups is 1. The van der Waals surface area contributed by atoms with Crippen molar-refractivity contribution in [3.05, 3.63) is 35.9 Å². The van der Waals surface area contributed by atoms with Crippen LogP contribution in [0.5, 0.6) is 5.75 Å². The number of ether oxygens (including phenoxy) is 1. The molecule has 4 nitrogen and oxygen atoms in total. The Hall–Kier alpha value is -1.81. The normalized spacial score (nSPS) is 17.6. The smallest absolute Gasteiger partial charge is 0.244 e. The predicted molar refractivity (Wildman–Crippen MR) is 83.1 cm³/mol. The van der Waals surface area contributed by atoms with E-state index in [-0.39, 0.29) is 5.91 Å². The van der Waals surface area contributed by atoms with Crippen molar-refractivity contribution in [3.8, 4) is 5.75 Å². The van der Waals surface area contributed by atoms with Crippen molar-refractivity contribution in [2.24, 2.45) is 0 Å². The second-order valence-corrected chi connectivity index (χ2v) is 5.71. The summed E-state index contributed by atoms with van der Waals surface area (Å²) in [4.78, 5) is 11.9. The number of nitrogens with one attached hydrogen (secondary N) is 1. The zero-order valence-corrected chi connectivity index (χ0v) is 12.7. The minimum absolute atomic E-state index is 0.163. The van der Waals surface area contributed by atoms with E-state index in [1.807, 2.05) is 31.2 Å². The van der Waals surface area contributed by atoms with Crippen LogP contribution in [0.3, 0.4) is 0 Å². The van der Waals surface area contributed by atoms with Crippen LogP contribution in [0.25, 0.3) is 5.57 Å². The highest BCUT2D eigenvalue weighted by Gasteiger charge is 2.30. The van der Waals surface area contributed by atoms with Crippen molar-refractivity contribution in [2.75, 3.05) is 13.7 Å². The number of rotatable bonds is 5. The van der Waals surface area contributed by atoms with E-state index in [1.54, 1.807) is 13.2 Å². The lowest BCUT2D eigenvalue weighted by atomic mass is 10.0. The first kappa shape index (κ1) is 15.6. The van der Waals surface area contributed by atoms with Crippen LogP contribution < -0.4 is 10.1 Å². The van der Waals surface area contributed by atoms with Crippen LogP contribution in [0.4, 0.5) is 0 Å². The average Bonchev–Trinajstić information content (AvgIpc) is 2.92. The summed E-state index contributed by atoms with van der Waals surface area (Å²) in [6.07, 6.45) is 5.18. The molecule has 0 unspecified atom stereocenters. The maximum atomic E-state index is 11.9. The van der Waals surface area contributed by atoms with Gasteiger partial charge in [-0.25, -0.2) is 0 Å². The first-order valence-electron chi connectivity index (χ1n) is 7.35. The molecule has 0 bridgehead atoms. The highest BCUT2D eigenvalue weighted by Crippen LogP contribution is 2.28. The largest absolute Gasteiger partial charge is 0.497 e. The monoisotopic (exact) mass is 289 g/mol. The summed E-state index contributed by atoms with van der Waals surface area (Å²) in [5, 5.41) is 13.0. The van der Waals surface area contributed by atoms with Crippen molar-refractivity contribution >= 4 is 11.5 Å². The lowest BCUT2D eigenvalue weighted by Crippen LogP contribution is -2.40. The van der Waals surface area contributed by atoms with E-state index in [4.69, 9.17) is 4.74 Å². The zero-order valence-electron chi connectivity index (χ0n) is 12.7. The molecular weight excluding hydrogens is 266 g/mol. The average molecular weight is 289 g/mol. The Morgan fingerprint density at radius 2 is 1.95 bits per heavy atom. The quantitative estimate of drug-likeness (QED) is 0.819. The molecule has 4 heteroatoms. The Labute approximate surface area is 125 Å². The summed E-state index contributed by atoms with van der Waals surface area (Å²) in [6.45, 7) is 2.23. The van der Waals surface area contributed by atoms with E-state index in [0.717, 1.165) is 42.6 Å².